The van der Waals surface area contributed by atoms with Gasteiger partial charge in [0, 0.05) is 35.7 Å². The number of aromatic hydroxyl groups is 1. The molecule has 1 aromatic heterocycles. The van der Waals surface area contributed by atoms with Crippen LogP contribution >= 0.6 is 12.6 Å². The fraction of sp³-hybridized carbons (Fsp3) is 0.333. The number of carbonyl (C=O) groups excluding carboxylic acids is 4. The van der Waals surface area contributed by atoms with E-state index in [4.69, 9.17) is 10.8 Å². The third kappa shape index (κ3) is 10.5. The normalized spacial score (nSPS) is 13.5. The van der Waals surface area contributed by atoms with Gasteiger partial charge in [0.25, 0.3) is 0 Å². The Bertz CT molecular complexity index is 1560. The lowest BCUT2D eigenvalue weighted by Crippen LogP contribution is -2.57. The van der Waals surface area contributed by atoms with Gasteiger partial charge in [0.05, 0.1) is 12.6 Å². The van der Waals surface area contributed by atoms with Gasteiger partial charge in [-0.3, -0.25) is 24.0 Å². The van der Waals surface area contributed by atoms with Gasteiger partial charge in [0.15, 0.2) is 0 Å². The molecule has 10 N–H and O–H groups in total. The number of para-hydroxylation sites is 1. The summed E-state index contributed by atoms with van der Waals surface area (Å²) in [7, 11) is 0. The molecule has 4 amide bonds. The number of fused-ring (bicyclic) bond motifs is 1. The molecular formula is C30H36N6O9S. The van der Waals surface area contributed by atoms with Gasteiger partial charge in [-0.2, -0.15) is 12.6 Å². The van der Waals surface area contributed by atoms with Crippen LogP contribution in [0.4, 0.5) is 0 Å². The van der Waals surface area contributed by atoms with Crippen LogP contribution in [0.3, 0.4) is 0 Å². The summed E-state index contributed by atoms with van der Waals surface area (Å²) < 4.78 is 0. The van der Waals surface area contributed by atoms with Crippen molar-refractivity contribution in [1.29, 1.82) is 0 Å². The van der Waals surface area contributed by atoms with Crippen molar-refractivity contribution >= 4 is 59.1 Å². The molecule has 0 saturated heterocycles. The first-order valence-electron chi connectivity index (χ1n) is 14.2. The summed E-state index contributed by atoms with van der Waals surface area (Å²) in [5, 5.41) is 38.4. The number of rotatable bonds is 17. The second-order valence-electron chi connectivity index (χ2n) is 10.5. The number of carboxylic acid groups (broad SMARTS) is 2. The van der Waals surface area contributed by atoms with Crippen LogP contribution in [-0.4, -0.2) is 92.3 Å². The Balaban J connectivity index is 1.73. The number of amides is 4. The van der Waals surface area contributed by atoms with Gasteiger partial charge in [-0.05, 0) is 42.2 Å². The Morgan fingerprint density at radius 1 is 0.826 bits per heavy atom. The van der Waals surface area contributed by atoms with E-state index in [9.17, 15) is 39.0 Å². The summed E-state index contributed by atoms with van der Waals surface area (Å²) in [6.07, 6.45) is 0.921. The summed E-state index contributed by atoms with van der Waals surface area (Å²) in [5.41, 5.74) is 8.29. The van der Waals surface area contributed by atoms with E-state index in [-0.39, 0.29) is 30.8 Å². The Hall–Kier alpha value is -5.09. The average Bonchev–Trinajstić information content (AvgIpc) is 3.43. The molecule has 0 spiro atoms. The molecule has 0 unspecified atom stereocenters. The van der Waals surface area contributed by atoms with E-state index in [2.05, 4.69) is 38.9 Å². The van der Waals surface area contributed by atoms with Crippen LogP contribution in [0.2, 0.25) is 0 Å². The summed E-state index contributed by atoms with van der Waals surface area (Å²) in [6.45, 7) is -0.625. The number of carboxylic acids is 2. The number of H-pyrrole nitrogens is 1. The molecule has 0 bridgehead atoms. The molecule has 46 heavy (non-hydrogen) atoms. The lowest BCUT2D eigenvalue weighted by atomic mass is 10.0. The van der Waals surface area contributed by atoms with Crippen LogP contribution in [0.1, 0.15) is 24.0 Å². The van der Waals surface area contributed by atoms with Gasteiger partial charge in [-0.15, -0.1) is 0 Å². The predicted molar refractivity (Wildman–Crippen MR) is 169 cm³/mol. The average molecular weight is 657 g/mol. The van der Waals surface area contributed by atoms with Crippen LogP contribution in [-0.2, 0) is 41.6 Å². The number of phenolic OH excluding ortho intramolecular Hbond substituents is 1. The fourth-order valence-electron chi connectivity index (χ4n) is 4.52. The van der Waals surface area contributed by atoms with Crippen molar-refractivity contribution in [3.63, 3.8) is 0 Å². The van der Waals surface area contributed by atoms with E-state index in [1.54, 1.807) is 6.20 Å². The van der Waals surface area contributed by atoms with Crippen molar-refractivity contribution in [3.05, 3.63) is 65.9 Å². The molecule has 0 aliphatic heterocycles. The van der Waals surface area contributed by atoms with Crippen LogP contribution in [0.15, 0.2) is 54.7 Å². The highest BCUT2D eigenvalue weighted by atomic mass is 32.1. The minimum Gasteiger partial charge on any atom is -0.508 e. The number of thiol groups is 1. The molecule has 3 aromatic rings. The number of nitrogens with one attached hydrogen (secondary N) is 5. The van der Waals surface area contributed by atoms with Crippen LogP contribution in [0, 0.1) is 0 Å². The summed E-state index contributed by atoms with van der Waals surface area (Å²) >= 11 is 3.87. The maximum atomic E-state index is 13.4. The van der Waals surface area contributed by atoms with E-state index < -0.39 is 72.7 Å². The number of aromatic amines is 1. The zero-order valence-electron chi connectivity index (χ0n) is 24.6. The Morgan fingerprint density at radius 3 is 2.15 bits per heavy atom. The number of aliphatic carboxylic acids is 2. The van der Waals surface area contributed by atoms with E-state index >= 15 is 0 Å². The van der Waals surface area contributed by atoms with Gasteiger partial charge in [-0.25, -0.2) is 4.79 Å². The minimum absolute atomic E-state index is 0.0388. The van der Waals surface area contributed by atoms with Crippen molar-refractivity contribution in [3.8, 4) is 5.75 Å². The molecule has 246 valence electrons. The topological polar surface area (TPSA) is 253 Å². The monoisotopic (exact) mass is 656 g/mol. The summed E-state index contributed by atoms with van der Waals surface area (Å²) in [4.78, 5) is 77.5. The molecule has 0 fully saturated rings. The van der Waals surface area contributed by atoms with Crippen LogP contribution in [0.25, 0.3) is 10.9 Å². The van der Waals surface area contributed by atoms with Gasteiger partial charge >= 0.3 is 11.9 Å². The maximum absolute atomic E-state index is 13.4. The molecule has 0 aliphatic carbocycles. The zero-order chi connectivity index (χ0) is 33.8. The van der Waals surface area contributed by atoms with Crippen molar-refractivity contribution in [1.82, 2.24) is 26.3 Å². The second kappa shape index (κ2) is 16.8. The minimum atomic E-state index is -1.39. The van der Waals surface area contributed by atoms with Crippen molar-refractivity contribution in [2.75, 3.05) is 12.3 Å². The Kier molecular flexibility index (Phi) is 13.0. The summed E-state index contributed by atoms with van der Waals surface area (Å²) in [6, 6.07) is 8.07. The molecule has 2 aromatic carbocycles. The maximum Gasteiger partial charge on any atom is 0.327 e. The zero-order valence-corrected chi connectivity index (χ0v) is 25.5. The number of carbonyl (C=O) groups is 6. The standard InChI is InChI=1S/C30H36N6O9S/c31-20(12-17-13-32-21-4-2-1-3-19(17)21)27(41)35-22(9-10-26(39)40)29(43)36-23(11-16-5-7-18(37)8-6-16)28(42)33-14-25(38)34-24(15-46)30(44)45/h1-8,13,20,22-24,32,37,46H,9-12,14-15,31H2,(H,33,42)(H,34,38)(H,35,41)(H,36,43)(H,39,40)(H,44,45)/t20-,22-,23-,24-/m0/s1. The lowest BCUT2D eigenvalue weighted by molar-refractivity contribution is -0.141. The van der Waals surface area contributed by atoms with Gasteiger partial charge in [0.1, 0.15) is 23.9 Å². The quantitative estimate of drug-likeness (QED) is 0.0829. The highest BCUT2D eigenvalue weighted by molar-refractivity contribution is 7.80. The predicted octanol–water partition coefficient (Wildman–Crippen LogP) is -0.564. The smallest absolute Gasteiger partial charge is 0.327 e. The fourth-order valence-corrected chi connectivity index (χ4v) is 4.76. The second-order valence-corrected chi connectivity index (χ2v) is 10.8. The number of hydrogen-bond acceptors (Lipinski definition) is 9. The molecule has 0 radical (unpaired) electrons. The molecule has 4 atom stereocenters. The van der Waals surface area contributed by atoms with Crippen LogP contribution in [0.5, 0.6) is 5.75 Å². The number of aromatic nitrogens is 1. The Labute approximate surface area is 268 Å². The Morgan fingerprint density at radius 2 is 1.50 bits per heavy atom. The third-order valence-electron chi connectivity index (χ3n) is 6.98. The largest absolute Gasteiger partial charge is 0.508 e. The SMILES string of the molecule is N[C@@H](Cc1c[nH]c2ccccc12)C(=O)N[C@@H](CCC(=O)O)C(=O)N[C@@H](Cc1ccc(O)cc1)C(=O)NCC(=O)N[C@@H](CS)C(=O)O. The highest BCUT2D eigenvalue weighted by Gasteiger charge is 2.29. The van der Waals surface area contributed by atoms with Gasteiger partial charge in [-0.1, -0.05) is 30.3 Å². The highest BCUT2D eigenvalue weighted by Crippen LogP contribution is 2.19. The third-order valence-corrected chi connectivity index (χ3v) is 7.34. The van der Waals surface area contributed by atoms with E-state index in [1.807, 2.05) is 24.3 Å². The molecule has 15 nitrogen and oxygen atoms in total. The number of hydrogen-bond donors (Lipinski definition) is 10. The van der Waals surface area contributed by atoms with Gasteiger partial charge < -0.3 is 47.3 Å². The molecule has 0 aliphatic rings. The lowest BCUT2D eigenvalue weighted by Gasteiger charge is -2.24. The van der Waals surface area contributed by atoms with Crippen LogP contribution < -0.4 is 27.0 Å². The molecular weight excluding hydrogens is 620 g/mol. The number of benzene rings is 2. The number of nitrogens with two attached hydrogens (primary N) is 1. The van der Waals surface area contributed by atoms with E-state index in [0.29, 0.717) is 5.56 Å². The first kappa shape index (κ1) is 35.4. The van der Waals surface area contributed by atoms with E-state index in [0.717, 1.165) is 16.5 Å². The summed E-state index contributed by atoms with van der Waals surface area (Å²) in [5.74, 6) is -6.01. The van der Waals surface area contributed by atoms with Gasteiger partial charge in [0.2, 0.25) is 23.6 Å². The van der Waals surface area contributed by atoms with Crippen molar-refractivity contribution in [2.45, 2.75) is 49.9 Å². The number of phenols is 1. The van der Waals surface area contributed by atoms with Crippen molar-refractivity contribution < 1.29 is 44.1 Å². The first-order chi connectivity index (χ1) is 21.9. The van der Waals surface area contributed by atoms with Crippen molar-refractivity contribution in [2.24, 2.45) is 5.73 Å². The molecule has 16 heteroatoms. The molecule has 1 heterocycles. The molecule has 0 saturated carbocycles. The van der Waals surface area contributed by atoms with E-state index in [1.165, 1.54) is 24.3 Å². The molecule has 3 rings (SSSR count). The first-order valence-corrected chi connectivity index (χ1v) is 14.8.